The minimum atomic E-state index is -1.97. The molecule has 95 heavy (non-hydrogen) atoms. The van der Waals surface area contributed by atoms with E-state index in [0.717, 1.165) is 26.2 Å². The second-order valence-electron chi connectivity index (χ2n) is 26.6. The van der Waals surface area contributed by atoms with E-state index in [4.69, 9.17) is 4.74 Å². The molecular formula is C64H111N11O20. The summed E-state index contributed by atoms with van der Waals surface area (Å²) in [5.41, 5.74) is 0. The van der Waals surface area contributed by atoms with Crippen molar-refractivity contribution in [1.29, 1.82) is 0 Å². The summed E-state index contributed by atoms with van der Waals surface area (Å²) >= 11 is 0. The van der Waals surface area contributed by atoms with Crippen molar-refractivity contribution in [2.24, 2.45) is 35.5 Å². The van der Waals surface area contributed by atoms with E-state index in [1.807, 2.05) is 6.92 Å². The topological polar surface area (TPSA) is 482 Å². The molecule has 0 bridgehead atoms. The Morgan fingerprint density at radius 1 is 0.400 bits per heavy atom. The van der Waals surface area contributed by atoms with Crippen LogP contribution in [-0.2, 0) is 71.9 Å². The average molecular weight is 1350 g/mol. The minimum Gasteiger partial charge on any atom is -0.481 e. The zero-order valence-electron chi connectivity index (χ0n) is 57.9. The highest BCUT2D eigenvalue weighted by Gasteiger charge is 2.40. The maximum absolute atomic E-state index is 14.4. The lowest BCUT2D eigenvalue weighted by Crippen LogP contribution is -2.62. The van der Waals surface area contributed by atoms with Crippen LogP contribution in [0.4, 0.5) is 0 Å². The summed E-state index contributed by atoms with van der Waals surface area (Å²) in [6, 6.07) is -18.3. The normalized spacial score (nSPS) is 26.6. The standard InChI is InChI=1S/C64H111N11O20/c1-15-18-19-20-21-22-39-27-48(79)65-40(23-32(4)5)54(84)68-44(28-49(80)81)58(88)75-53(38(14)78)63(93)69-43(26-35(10)11)55(85)66-41(24-33(6)7)56(86)71-46(30-76)59(89)67-42(25-34(8)9)57(87)72-47(31-77)60(90)73-52(37(13)17-3)62(92)74-51(36(12)16-2)61(91)70-45(29-50(82)83)64(94)95-39/h32-47,51-53,76-78H,15-31H2,1-14H3,(H,65,79)(H,66,85)(H,67,89)(H,68,84)(H,69,93)(H,70,91)(H,71,86)(H,72,87)(H,73,90)(H,74,92)(H,75,88)(H,80,81)(H,82,83)/t36-,37-,38-,39?,40+,41+,42-,43+,44+,45-,46+,47+,51-,52-,53+/m0/s1. The monoisotopic (exact) mass is 1350 g/mol. The van der Waals surface area contributed by atoms with Crippen LogP contribution in [0.15, 0.2) is 0 Å². The number of rotatable bonds is 25. The molecule has 1 aliphatic heterocycles. The number of aliphatic hydroxyl groups excluding tert-OH is 3. The van der Waals surface area contributed by atoms with Crippen molar-refractivity contribution >= 4 is 82.9 Å². The number of aliphatic hydroxyl groups is 3. The summed E-state index contributed by atoms with van der Waals surface area (Å²) < 4.78 is 5.82. The van der Waals surface area contributed by atoms with Crippen molar-refractivity contribution < 1.29 is 97.4 Å². The number of unbranched alkanes of at least 4 members (excludes halogenated alkanes) is 4. The van der Waals surface area contributed by atoms with Crippen LogP contribution in [0.2, 0.25) is 0 Å². The number of nitrogens with one attached hydrogen (secondary N) is 11. The van der Waals surface area contributed by atoms with E-state index in [0.29, 0.717) is 12.8 Å². The van der Waals surface area contributed by atoms with Gasteiger partial charge in [-0.3, -0.25) is 62.3 Å². The second kappa shape index (κ2) is 43.5. The number of carboxylic acid groups (broad SMARTS) is 2. The quantitative estimate of drug-likeness (QED) is 0.0408. The first kappa shape index (κ1) is 85.5. The molecule has 0 radical (unpaired) electrons. The second-order valence-corrected chi connectivity index (χ2v) is 26.6. The van der Waals surface area contributed by atoms with Gasteiger partial charge in [0.15, 0.2) is 0 Å². The van der Waals surface area contributed by atoms with Gasteiger partial charge >= 0.3 is 17.9 Å². The van der Waals surface area contributed by atoms with Crippen molar-refractivity contribution in [3.05, 3.63) is 0 Å². The summed E-state index contributed by atoms with van der Waals surface area (Å²) in [6.45, 7) is 21.1. The molecule has 0 aromatic heterocycles. The van der Waals surface area contributed by atoms with Crippen molar-refractivity contribution in [2.75, 3.05) is 13.2 Å². The smallest absolute Gasteiger partial charge is 0.329 e. The SMILES string of the molecule is CCCCCCCC1CC(=O)N[C@H](CC(C)C)C(=O)N[C@H](CC(=O)O)C(=O)N[C@H]([C@H](C)O)C(=O)N[C@H](CC(C)C)C(=O)N[C@H](CC(C)C)C(=O)N[C@H](CO)C(=O)N[C@@H](CC(C)C)C(=O)N[C@H](CO)C(=O)N[C@@H]([C@@H](C)CC)C(=O)N[C@@H]([C@@H](C)CC)C(=O)N[C@@H](CC(=O)O)C(=O)O1. The Bertz CT molecular complexity index is 2570. The van der Waals surface area contributed by atoms with Gasteiger partial charge in [-0.1, -0.05) is 129 Å². The Morgan fingerprint density at radius 3 is 1.09 bits per heavy atom. The highest BCUT2D eigenvalue weighted by molar-refractivity contribution is 6.00. The van der Waals surface area contributed by atoms with Crippen LogP contribution >= 0.6 is 0 Å². The average Bonchev–Trinajstić information content (AvgIpc) is 0.886. The number of aliphatic carboxylic acids is 2. The number of amides is 11. The van der Waals surface area contributed by atoms with Gasteiger partial charge in [-0.15, -0.1) is 0 Å². The van der Waals surface area contributed by atoms with Gasteiger partial charge in [0.25, 0.3) is 0 Å². The number of carboxylic acids is 2. The predicted octanol–water partition coefficient (Wildman–Crippen LogP) is -0.413. The van der Waals surface area contributed by atoms with Crippen LogP contribution in [0.1, 0.15) is 193 Å². The van der Waals surface area contributed by atoms with Gasteiger partial charge in [0.2, 0.25) is 65.0 Å². The van der Waals surface area contributed by atoms with Crippen molar-refractivity contribution in [3.63, 3.8) is 0 Å². The molecule has 542 valence electrons. The van der Waals surface area contributed by atoms with Crippen molar-refractivity contribution in [1.82, 2.24) is 58.5 Å². The minimum absolute atomic E-state index is 0.0322. The summed E-state index contributed by atoms with van der Waals surface area (Å²) in [5.74, 6) is -18.7. The van der Waals surface area contributed by atoms with E-state index < -0.39 is 206 Å². The molecule has 15 atom stereocenters. The van der Waals surface area contributed by atoms with Crippen molar-refractivity contribution in [2.45, 2.75) is 272 Å². The van der Waals surface area contributed by atoms with E-state index in [-0.39, 0.29) is 68.6 Å². The third kappa shape index (κ3) is 31.7. The lowest BCUT2D eigenvalue weighted by atomic mass is 9.94. The number of ether oxygens (including phenoxy) is 1. The Hall–Kier alpha value is -7.54. The fraction of sp³-hybridized carbons (Fsp3) is 0.781. The molecule has 1 heterocycles. The van der Waals surface area contributed by atoms with E-state index >= 15 is 0 Å². The zero-order valence-corrected chi connectivity index (χ0v) is 57.9. The maximum atomic E-state index is 14.4. The molecule has 0 aliphatic carbocycles. The molecular weight excluding hydrogens is 1240 g/mol. The Morgan fingerprint density at radius 2 is 0.705 bits per heavy atom. The summed E-state index contributed by atoms with van der Waals surface area (Å²) in [4.78, 5) is 195. The predicted molar refractivity (Wildman–Crippen MR) is 346 cm³/mol. The van der Waals surface area contributed by atoms with E-state index in [1.165, 1.54) is 0 Å². The summed E-state index contributed by atoms with van der Waals surface area (Å²) in [7, 11) is 0. The zero-order chi connectivity index (χ0) is 72.6. The van der Waals surface area contributed by atoms with E-state index in [9.17, 15) is 92.7 Å². The Balaban J connectivity index is 4.25. The van der Waals surface area contributed by atoms with Gasteiger partial charge in [-0.25, -0.2) is 4.79 Å². The summed E-state index contributed by atoms with van der Waals surface area (Å²) in [6.07, 6.45) is -2.22. The van der Waals surface area contributed by atoms with Gasteiger partial charge in [0.05, 0.1) is 38.6 Å². The molecule has 0 aromatic carbocycles. The molecule has 31 nitrogen and oxygen atoms in total. The molecule has 1 unspecified atom stereocenters. The number of hydrogen-bond acceptors (Lipinski definition) is 18. The summed E-state index contributed by atoms with van der Waals surface area (Å²) in [5, 5.41) is 78.9. The number of carbonyl (C=O) groups excluding carboxylic acids is 12. The fourth-order valence-electron chi connectivity index (χ4n) is 10.3. The molecule has 1 fully saturated rings. The fourth-order valence-corrected chi connectivity index (χ4v) is 10.3. The molecule has 16 N–H and O–H groups in total. The van der Waals surface area contributed by atoms with Crippen LogP contribution in [0.3, 0.4) is 0 Å². The van der Waals surface area contributed by atoms with Gasteiger partial charge in [-0.05, 0) is 81.0 Å². The first-order valence-electron chi connectivity index (χ1n) is 33.3. The molecule has 31 heteroatoms. The Labute approximate surface area is 557 Å². The number of carbonyl (C=O) groups is 14. The molecule has 1 saturated heterocycles. The highest BCUT2D eigenvalue weighted by atomic mass is 16.5. The lowest BCUT2D eigenvalue weighted by Gasteiger charge is -2.31. The van der Waals surface area contributed by atoms with Crippen LogP contribution in [0, 0.1) is 35.5 Å². The molecule has 1 aliphatic rings. The third-order valence-corrected chi connectivity index (χ3v) is 16.0. The Kier molecular flexibility index (Phi) is 39.2. The van der Waals surface area contributed by atoms with Crippen LogP contribution in [-0.4, -0.2) is 200 Å². The number of hydrogen-bond donors (Lipinski definition) is 16. The lowest BCUT2D eigenvalue weighted by molar-refractivity contribution is -0.158. The number of esters is 1. The van der Waals surface area contributed by atoms with Crippen molar-refractivity contribution in [3.8, 4) is 0 Å². The molecule has 0 aromatic rings. The van der Waals surface area contributed by atoms with E-state index in [1.54, 1.807) is 83.1 Å². The van der Waals surface area contributed by atoms with Gasteiger partial charge in [-0.2, -0.15) is 0 Å². The molecule has 1 rings (SSSR count). The maximum Gasteiger partial charge on any atom is 0.329 e. The van der Waals surface area contributed by atoms with Gasteiger partial charge in [0, 0.05) is 0 Å². The largest absolute Gasteiger partial charge is 0.481 e. The number of cyclic esters (lactones) is 1. The first-order chi connectivity index (χ1) is 44.4. The highest BCUT2D eigenvalue weighted by Crippen LogP contribution is 2.19. The first-order valence-corrected chi connectivity index (χ1v) is 33.3. The van der Waals surface area contributed by atoms with Gasteiger partial charge < -0.3 is 88.8 Å². The molecule has 11 amide bonds. The van der Waals surface area contributed by atoms with Crippen LogP contribution in [0.5, 0.6) is 0 Å². The molecule has 0 saturated carbocycles. The molecule has 0 spiro atoms. The van der Waals surface area contributed by atoms with E-state index in [2.05, 4.69) is 58.5 Å². The van der Waals surface area contributed by atoms with Gasteiger partial charge in [0.1, 0.15) is 72.6 Å². The van der Waals surface area contributed by atoms with Crippen LogP contribution < -0.4 is 58.5 Å². The van der Waals surface area contributed by atoms with Crippen LogP contribution in [0.25, 0.3) is 0 Å². The third-order valence-electron chi connectivity index (χ3n) is 16.0.